The van der Waals surface area contributed by atoms with Crippen molar-refractivity contribution in [2.45, 2.75) is 31.2 Å². The molecular weight excluding hydrogens is 156 g/mol. The van der Waals surface area contributed by atoms with E-state index in [4.69, 9.17) is 4.43 Å². The first-order chi connectivity index (χ1) is 5.19. The molecule has 2 nitrogen and oxygen atoms in total. The fourth-order valence-electron chi connectivity index (χ4n) is 1.44. The predicted molar refractivity (Wildman–Crippen MR) is 47.8 cm³/mol. The van der Waals surface area contributed by atoms with Crippen molar-refractivity contribution in [3.63, 3.8) is 0 Å². The van der Waals surface area contributed by atoms with E-state index in [1.54, 1.807) is 6.08 Å². The highest BCUT2D eigenvalue weighted by molar-refractivity contribution is 6.74. The minimum Gasteiger partial charge on any atom is -0.414 e. The lowest BCUT2D eigenvalue weighted by molar-refractivity contribution is 0.203. The van der Waals surface area contributed by atoms with E-state index in [0.717, 1.165) is 19.1 Å². The van der Waals surface area contributed by atoms with E-state index in [-0.39, 0.29) is 5.73 Å². The van der Waals surface area contributed by atoms with Crippen LogP contribution in [0.2, 0.25) is 12.6 Å². The molecule has 11 heavy (non-hydrogen) atoms. The summed E-state index contributed by atoms with van der Waals surface area (Å²) in [5.41, 5.74) is -0.386. The van der Waals surface area contributed by atoms with Gasteiger partial charge in [-0.25, -0.2) is 0 Å². The minimum absolute atomic E-state index is 0.386. The van der Waals surface area contributed by atoms with Gasteiger partial charge in [0.1, 0.15) is 0 Å². The fourth-order valence-corrected chi connectivity index (χ4v) is 4.11. The topological polar surface area (TPSA) is 29.5 Å². The van der Waals surface area contributed by atoms with E-state index in [9.17, 15) is 5.11 Å². The molecule has 1 N–H and O–H groups in total. The molecule has 64 valence electrons. The Labute approximate surface area is 69.0 Å². The van der Waals surface area contributed by atoms with Gasteiger partial charge in [0.2, 0.25) is 8.32 Å². The first-order valence-electron chi connectivity index (χ1n) is 4.13. The molecule has 0 amide bonds. The second kappa shape index (κ2) is 3.52. The number of hydrogen-bond donors (Lipinski definition) is 1. The zero-order valence-electron chi connectivity index (χ0n) is 7.05. The van der Waals surface area contributed by atoms with E-state index >= 15 is 0 Å². The molecular formula is C8H16O2Si. The maximum Gasteiger partial charge on any atom is 0.221 e. The van der Waals surface area contributed by atoms with E-state index < -0.39 is 8.32 Å². The molecule has 2 unspecified atom stereocenters. The second-order valence-electron chi connectivity index (χ2n) is 3.30. The molecule has 0 aromatic heterocycles. The number of aliphatic hydroxyl groups is 1. The lowest BCUT2D eigenvalue weighted by Gasteiger charge is -2.33. The van der Waals surface area contributed by atoms with Gasteiger partial charge in [0.05, 0.1) is 5.73 Å². The molecule has 3 heteroatoms. The van der Waals surface area contributed by atoms with Crippen molar-refractivity contribution in [3.05, 3.63) is 12.7 Å². The van der Waals surface area contributed by atoms with Gasteiger partial charge in [0.15, 0.2) is 0 Å². The molecule has 1 aliphatic heterocycles. The second-order valence-corrected chi connectivity index (χ2v) is 7.30. The Morgan fingerprint density at radius 1 is 1.64 bits per heavy atom. The van der Waals surface area contributed by atoms with Gasteiger partial charge in [0, 0.05) is 6.61 Å². The highest BCUT2D eigenvalue weighted by Gasteiger charge is 2.37. The Morgan fingerprint density at radius 2 is 2.36 bits per heavy atom. The fraction of sp³-hybridized carbons (Fsp3) is 0.750. The molecule has 0 aromatic carbocycles. The van der Waals surface area contributed by atoms with Gasteiger partial charge in [0.25, 0.3) is 0 Å². The normalized spacial score (nSPS) is 34.7. The maximum absolute atomic E-state index is 9.56. The summed E-state index contributed by atoms with van der Waals surface area (Å²) in [6.45, 7) is 6.49. The van der Waals surface area contributed by atoms with Crippen LogP contribution in [-0.4, -0.2) is 25.8 Å². The molecule has 1 rings (SSSR count). The van der Waals surface area contributed by atoms with Crippen LogP contribution in [-0.2, 0) is 4.43 Å². The van der Waals surface area contributed by atoms with Gasteiger partial charge in [-0.2, -0.15) is 0 Å². The summed E-state index contributed by atoms with van der Waals surface area (Å²) < 4.78 is 5.64. The van der Waals surface area contributed by atoms with Crippen LogP contribution < -0.4 is 0 Å². The Balaban J connectivity index is 2.55. The predicted octanol–water partition coefficient (Wildman–Crippen LogP) is 1.46. The van der Waals surface area contributed by atoms with E-state index in [1.807, 2.05) is 0 Å². The summed E-state index contributed by atoms with van der Waals surface area (Å²) >= 11 is 0. The highest BCUT2D eigenvalue weighted by atomic mass is 28.4. The molecule has 0 saturated carbocycles. The van der Waals surface area contributed by atoms with Crippen LogP contribution in [0.5, 0.6) is 0 Å². The molecule has 0 bridgehead atoms. The molecule has 0 spiro atoms. The standard InChI is InChI=1S/C8H16O2Si/c1-3-8(9)11(2)7-5-4-6-10-11/h3,8-9H,1,4-7H2,2H3. The molecule has 0 radical (unpaired) electrons. The number of rotatable bonds is 2. The van der Waals surface area contributed by atoms with Gasteiger partial charge in [-0.3, -0.25) is 0 Å². The van der Waals surface area contributed by atoms with E-state index in [1.165, 1.54) is 6.42 Å². The largest absolute Gasteiger partial charge is 0.414 e. The molecule has 0 aliphatic carbocycles. The highest BCUT2D eigenvalue weighted by Crippen LogP contribution is 2.24. The lowest BCUT2D eigenvalue weighted by atomic mass is 10.4. The third kappa shape index (κ3) is 1.92. The summed E-state index contributed by atoms with van der Waals surface area (Å²) in [4.78, 5) is 0. The third-order valence-corrected chi connectivity index (χ3v) is 6.05. The monoisotopic (exact) mass is 172 g/mol. The average molecular weight is 172 g/mol. The van der Waals surface area contributed by atoms with Crippen molar-refractivity contribution in [2.75, 3.05) is 6.61 Å². The van der Waals surface area contributed by atoms with Crippen molar-refractivity contribution in [2.24, 2.45) is 0 Å². The van der Waals surface area contributed by atoms with Gasteiger partial charge in [-0.1, -0.05) is 12.5 Å². The van der Waals surface area contributed by atoms with Crippen molar-refractivity contribution < 1.29 is 9.53 Å². The molecule has 1 saturated heterocycles. The Morgan fingerprint density at radius 3 is 2.82 bits per heavy atom. The molecule has 1 heterocycles. The summed E-state index contributed by atoms with van der Waals surface area (Å²) in [6, 6.07) is 1.07. The Bertz CT molecular complexity index is 141. The molecule has 1 aliphatic rings. The third-order valence-electron chi connectivity index (χ3n) is 2.35. The molecule has 1 fully saturated rings. The van der Waals surface area contributed by atoms with E-state index in [0.29, 0.717) is 0 Å². The van der Waals surface area contributed by atoms with Crippen LogP contribution in [0.25, 0.3) is 0 Å². The Hall–Kier alpha value is -0.123. The van der Waals surface area contributed by atoms with Gasteiger partial charge in [-0.15, -0.1) is 6.58 Å². The van der Waals surface area contributed by atoms with Crippen LogP contribution in [0.4, 0.5) is 0 Å². The van der Waals surface area contributed by atoms with Crippen molar-refractivity contribution in [3.8, 4) is 0 Å². The summed E-state index contributed by atoms with van der Waals surface area (Å²) in [7, 11) is -1.80. The first kappa shape index (κ1) is 8.97. The van der Waals surface area contributed by atoms with Gasteiger partial charge in [-0.05, 0) is 19.0 Å². The zero-order chi connectivity index (χ0) is 8.32. The van der Waals surface area contributed by atoms with Crippen molar-refractivity contribution >= 4 is 8.32 Å². The molecule has 0 aromatic rings. The molecule has 2 atom stereocenters. The lowest BCUT2D eigenvalue weighted by Crippen LogP contribution is -2.48. The number of hydrogen-bond acceptors (Lipinski definition) is 2. The van der Waals surface area contributed by atoms with Crippen LogP contribution in [0.1, 0.15) is 12.8 Å². The quantitative estimate of drug-likeness (QED) is 0.505. The average Bonchev–Trinajstić information content (AvgIpc) is 2.04. The Kier molecular flexibility index (Phi) is 2.87. The summed E-state index contributed by atoms with van der Waals surface area (Å²) in [5.74, 6) is 0. The number of aliphatic hydroxyl groups excluding tert-OH is 1. The van der Waals surface area contributed by atoms with Crippen LogP contribution in [0.3, 0.4) is 0 Å². The van der Waals surface area contributed by atoms with Crippen molar-refractivity contribution in [1.29, 1.82) is 0 Å². The van der Waals surface area contributed by atoms with Crippen LogP contribution in [0.15, 0.2) is 12.7 Å². The van der Waals surface area contributed by atoms with Crippen LogP contribution >= 0.6 is 0 Å². The minimum atomic E-state index is -1.80. The first-order valence-corrected chi connectivity index (χ1v) is 6.83. The maximum atomic E-state index is 9.56. The summed E-state index contributed by atoms with van der Waals surface area (Å²) in [6.07, 6.45) is 3.96. The van der Waals surface area contributed by atoms with Crippen molar-refractivity contribution in [1.82, 2.24) is 0 Å². The summed E-state index contributed by atoms with van der Waals surface area (Å²) in [5, 5.41) is 9.56. The smallest absolute Gasteiger partial charge is 0.221 e. The van der Waals surface area contributed by atoms with E-state index in [2.05, 4.69) is 13.1 Å². The zero-order valence-corrected chi connectivity index (χ0v) is 8.05. The SMILES string of the molecule is C=CC(O)[Si]1(C)CCCCO1. The van der Waals surface area contributed by atoms with Gasteiger partial charge >= 0.3 is 0 Å². The van der Waals surface area contributed by atoms with Gasteiger partial charge < -0.3 is 9.53 Å². The van der Waals surface area contributed by atoms with Crippen LogP contribution in [0, 0.1) is 0 Å².